The fourth-order valence-electron chi connectivity index (χ4n) is 8.41. The number of rotatable bonds is 5. The van der Waals surface area contributed by atoms with E-state index in [4.69, 9.17) is 13.8 Å². The van der Waals surface area contributed by atoms with Crippen LogP contribution in [0.2, 0.25) is 0 Å². The van der Waals surface area contributed by atoms with E-state index in [-0.39, 0.29) is 0 Å². The lowest BCUT2D eigenvalue weighted by atomic mass is 10.1. The Kier molecular flexibility index (Phi) is 6.44. The monoisotopic (exact) mass is 723 g/mol. The van der Waals surface area contributed by atoms with Crippen LogP contribution in [0.4, 0.5) is 17.1 Å². The lowest BCUT2D eigenvalue weighted by Crippen LogP contribution is -2.10. The van der Waals surface area contributed by atoms with Crippen molar-refractivity contribution >= 4 is 103 Å². The molecule has 258 valence electrons. The molecule has 0 aliphatic rings. The molecule has 0 radical (unpaired) electrons. The minimum atomic E-state index is 0.591. The molecule has 12 rings (SSSR count). The third-order valence-electron chi connectivity index (χ3n) is 10.8. The summed E-state index contributed by atoms with van der Waals surface area (Å²) in [6, 6.07) is 62.1. The molecule has 0 aliphatic carbocycles. The number of benzene rings is 8. The zero-order valence-corrected chi connectivity index (χ0v) is 30.1. The van der Waals surface area contributed by atoms with Crippen molar-refractivity contribution in [2.45, 2.75) is 0 Å². The second kappa shape index (κ2) is 11.7. The number of fused-ring (bicyclic) bond motifs is 11. The maximum Gasteiger partial charge on any atom is 0.227 e. The van der Waals surface area contributed by atoms with Gasteiger partial charge in [-0.25, -0.2) is 4.98 Å². The Balaban J connectivity index is 1.15. The van der Waals surface area contributed by atoms with Crippen molar-refractivity contribution in [3.63, 3.8) is 0 Å². The van der Waals surface area contributed by atoms with Gasteiger partial charge >= 0.3 is 0 Å². The second-order valence-corrected chi connectivity index (χ2v) is 15.0. The van der Waals surface area contributed by atoms with Crippen LogP contribution >= 0.6 is 11.3 Å². The molecular formula is C49H29N3O2S. The second-order valence-electron chi connectivity index (χ2n) is 13.9. The fourth-order valence-corrected chi connectivity index (χ4v) is 9.49. The molecule has 0 spiro atoms. The van der Waals surface area contributed by atoms with Crippen molar-refractivity contribution in [2.24, 2.45) is 0 Å². The summed E-state index contributed by atoms with van der Waals surface area (Å²) in [6.07, 6.45) is 0. The number of oxazole rings is 1. The molecule has 0 amide bonds. The van der Waals surface area contributed by atoms with E-state index in [1.807, 2.05) is 53.8 Å². The van der Waals surface area contributed by atoms with Gasteiger partial charge in [0.2, 0.25) is 5.89 Å². The van der Waals surface area contributed by atoms with E-state index < -0.39 is 0 Å². The van der Waals surface area contributed by atoms with Gasteiger partial charge in [-0.1, -0.05) is 78.9 Å². The minimum absolute atomic E-state index is 0.591. The molecule has 0 atom stereocenters. The highest BCUT2D eigenvalue weighted by atomic mass is 32.1. The average molecular weight is 724 g/mol. The van der Waals surface area contributed by atoms with Gasteiger partial charge < -0.3 is 18.3 Å². The highest BCUT2D eigenvalue weighted by Gasteiger charge is 2.24. The van der Waals surface area contributed by atoms with Crippen molar-refractivity contribution in [3.8, 4) is 17.1 Å². The van der Waals surface area contributed by atoms with Gasteiger partial charge in [-0.3, -0.25) is 0 Å². The standard InChI is InChI=1S/C49H29N3O2S/c1-3-12-30(13-4-1)49-50-48-43(54-49)26-25-42-47(48)37-29-32(22-24-41(37)53-42)51(33-23-27-45-36(28-33)34-16-8-10-21-44(34)55-45)39-19-11-20-40-46(39)35-17-7-9-18-38(35)52(40)31-14-5-2-6-15-31/h1-29H. The summed E-state index contributed by atoms with van der Waals surface area (Å²) in [7, 11) is 0. The number of anilines is 3. The Morgan fingerprint density at radius 2 is 1.15 bits per heavy atom. The molecule has 0 fully saturated rings. The molecule has 12 aromatic rings. The van der Waals surface area contributed by atoms with Crippen LogP contribution in [0.25, 0.3) is 92.2 Å². The van der Waals surface area contributed by atoms with Gasteiger partial charge in [0, 0.05) is 59.0 Å². The smallest absolute Gasteiger partial charge is 0.227 e. The highest BCUT2D eigenvalue weighted by molar-refractivity contribution is 7.25. The summed E-state index contributed by atoms with van der Waals surface area (Å²) >= 11 is 1.83. The number of hydrogen-bond donors (Lipinski definition) is 0. The molecule has 55 heavy (non-hydrogen) atoms. The lowest BCUT2D eigenvalue weighted by Gasteiger charge is -2.27. The van der Waals surface area contributed by atoms with Crippen LogP contribution in [0, 0.1) is 0 Å². The summed E-state index contributed by atoms with van der Waals surface area (Å²) < 4.78 is 17.7. The lowest BCUT2D eigenvalue weighted by molar-refractivity contribution is 0.619. The van der Waals surface area contributed by atoms with Crippen molar-refractivity contribution in [2.75, 3.05) is 4.90 Å². The molecule has 5 nitrogen and oxygen atoms in total. The predicted molar refractivity (Wildman–Crippen MR) is 229 cm³/mol. The zero-order chi connectivity index (χ0) is 36.0. The number of nitrogens with zero attached hydrogens (tertiary/aromatic N) is 3. The van der Waals surface area contributed by atoms with Gasteiger partial charge in [0.25, 0.3) is 0 Å². The molecule has 6 heteroatoms. The first-order valence-corrected chi connectivity index (χ1v) is 19.2. The molecule has 0 unspecified atom stereocenters. The van der Waals surface area contributed by atoms with Crippen LogP contribution in [0.1, 0.15) is 0 Å². The van der Waals surface area contributed by atoms with Crippen molar-refractivity contribution in [3.05, 3.63) is 176 Å². The highest BCUT2D eigenvalue weighted by Crippen LogP contribution is 2.47. The van der Waals surface area contributed by atoms with E-state index >= 15 is 0 Å². The maximum absolute atomic E-state index is 6.50. The first-order valence-electron chi connectivity index (χ1n) is 18.4. The van der Waals surface area contributed by atoms with Crippen molar-refractivity contribution < 1.29 is 8.83 Å². The Morgan fingerprint density at radius 3 is 2.02 bits per heavy atom. The van der Waals surface area contributed by atoms with Gasteiger partial charge in [-0.15, -0.1) is 11.3 Å². The quantitative estimate of drug-likeness (QED) is 0.177. The number of para-hydroxylation sites is 2. The van der Waals surface area contributed by atoms with Gasteiger partial charge in [-0.05, 0) is 97.1 Å². The predicted octanol–water partition coefficient (Wildman–Crippen LogP) is 14.3. The van der Waals surface area contributed by atoms with Gasteiger partial charge in [0.1, 0.15) is 16.7 Å². The number of hydrogen-bond acceptors (Lipinski definition) is 5. The minimum Gasteiger partial charge on any atom is -0.456 e. The molecule has 8 aromatic carbocycles. The van der Waals surface area contributed by atoms with Crippen LogP contribution in [0.15, 0.2) is 185 Å². The zero-order valence-electron chi connectivity index (χ0n) is 29.3. The van der Waals surface area contributed by atoms with Crippen LogP contribution < -0.4 is 4.90 Å². The summed E-state index contributed by atoms with van der Waals surface area (Å²) in [5.41, 5.74) is 10.6. The largest absolute Gasteiger partial charge is 0.456 e. The van der Waals surface area contributed by atoms with Crippen LogP contribution in [-0.2, 0) is 0 Å². The molecule has 0 saturated heterocycles. The van der Waals surface area contributed by atoms with E-state index in [9.17, 15) is 0 Å². The third kappa shape index (κ3) is 4.55. The number of aromatic nitrogens is 2. The summed E-state index contributed by atoms with van der Waals surface area (Å²) in [6.45, 7) is 0. The topological polar surface area (TPSA) is 47.3 Å². The molecule has 4 aromatic heterocycles. The maximum atomic E-state index is 6.50. The summed E-state index contributed by atoms with van der Waals surface area (Å²) in [4.78, 5) is 7.46. The Hall–Kier alpha value is -7.15. The Morgan fingerprint density at radius 1 is 0.473 bits per heavy atom. The normalized spacial score (nSPS) is 12.0. The van der Waals surface area contributed by atoms with E-state index in [0.717, 1.165) is 72.4 Å². The van der Waals surface area contributed by atoms with Crippen LogP contribution in [0.3, 0.4) is 0 Å². The Labute approximate surface area is 318 Å². The SMILES string of the molecule is c1ccc(-c2nc3c(ccc4oc5ccc(N(c6ccc7sc8ccccc8c7c6)c6cccc7c6c6ccccc6n7-c6ccccc6)cc5c43)o2)cc1. The van der Waals surface area contributed by atoms with E-state index in [1.54, 1.807) is 0 Å². The van der Waals surface area contributed by atoms with Gasteiger partial charge in [0.05, 0.1) is 22.1 Å². The van der Waals surface area contributed by atoms with Crippen molar-refractivity contribution in [1.29, 1.82) is 0 Å². The molecule has 0 N–H and O–H groups in total. The molecule has 0 bridgehead atoms. The van der Waals surface area contributed by atoms with E-state index in [1.165, 1.54) is 30.9 Å². The fraction of sp³-hybridized carbons (Fsp3) is 0. The summed E-state index contributed by atoms with van der Waals surface area (Å²) in [5, 5.41) is 6.81. The number of furan rings is 1. The Bertz CT molecular complexity index is 3450. The van der Waals surface area contributed by atoms with Gasteiger partial charge in [0.15, 0.2) is 5.58 Å². The van der Waals surface area contributed by atoms with Crippen LogP contribution in [0.5, 0.6) is 0 Å². The van der Waals surface area contributed by atoms with Crippen molar-refractivity contribution in [1.82, 2.24) is 9.55 Å². The molecular weight excluding hydrogens is 695 g/mol. The molecule has 0 aliphatic heterocycles. The van der Waals surface area contributed by atoms with Crippen LogP contribution in [-0.4, -0.2) is 9.55 Å². The molecule has 0 saturated carbocycles. The van der Waals surface area contributed by atoms with Gasteiger partial charge in [-0.2, -0.15) is 0 Å². The number of thiophene rings is 1. The third-order valence-corrected chi connectivity index (χ3v) is 12.0. The first-order chi connectivity index (χ1) is 27.3. The average Bonchev–Trinajstić information content (AvgIpc) is 4.02. The first kappa shape index (κ1) is 30.3. The summed E-state index contributed by atoms with van der Waals surface area (Å²) in [5.74, 6) is 0.591. The van der Waals surface area contributed by atoms with E-state index in [2.05, 4.69) is 143 Å². The van der Waals surface area contributed by atoms with E-state index in [0.29, 0.717) is 5.89 Å². The molecule has 4 heterocycles.